The number of benzene rings is 1. The van der Waals surface area contributed by atoms with Crippen LogP contribution in [-0.2, 0) is 0 Å². The van der Waals surface area contributed by atoms with Gasteiger partial charge in [-0.3, -0.25) is 0 Å². The molecular weight excluding hydrogens is 275 g/mol. The van der Waals surface area contributed by atoms with Gasteiger partial charge >= 0.3 is 0 Å². The Bertz CT molecular complexity index is 571. The molecule has 0 amide bonds. The molecule has 1 aromatic carbocycles. The first-order chi connectivity index (χ1) is 9.61. The van der Waals surface area contributed by atoms with Gasteiger partial charge in [-0.05, 0) is 50.7 Å². The highest BCUT2D eigenvalue weighted by atomic mass is 32.2. The lowest BCUT2D eigenvalue weighted by atomic mass is 10.1. The molecule has 1 heterocycles. The number of hydrogen-bond donors (Lipinski definition) is 1. The van der Waals surface area contributed by atoms with E-state index >= 15 is 0 Å². The van der Waals surface area contributed by atoms with E-state index in [1.807, 2.05) is 19.9 Å². The second-order valence-electron chi connectivity index (χ2n) is 4.68. The fourth-order valence-electron chi connectivity index (χ4n) is 1.96. The SMILES string of the molecule is CCCNC(C)c1c(F)cccc1Sc1nc(C)co1. The Labute approximate surface area is 123 Å². The number of aromatic nitrogens is 1. The van der Waals surface area contributed by atoms with Crippen LogP contribution in [0.2, 0.25) is 0 Å². The summed E-state index contributed by atoms with van der Waals surface area (Å²) in [7, 11) is 0. The molecule has 20 heavy (non-hydrogen) atoms. The highest BCUT2D eigenvalue weighted by molar-refractivity contribution is 7.99. The maximum absolute atomic E-state index is 14.1. The Kier molecular flexibility index (Phi) is 5.20. The summed E-state index contributed by atoms with van der Waals surface area (Å²) in [6, 6.07) is 5.05. The number of halogens is 1. The summed E-state index contributed by atoms with van der Waals surface area (Å²) < 4.78 is 19.5. The molecule has 5 heteroatoms. The third-order valence-electron chi connectivity index (χ3n) is 2.94. The van der Waals surface area contributed by atoms with E-state index in [0.29, 0.717) is 10.8 Å². The number of hydrogen-bond acceptors (Lipinski definition) is 4. The molecule has 2 rings (SSSR count). The normalized spacial score (nSPS) is 12.6. The molecule has 0 saturated carbocycles. The minimum atomic E-state index is -0.200. The van der Waals surface area contributed by atoms with Crippen LogP contribution < -0.4 is 5.32 Å². The van der Waals surface area contributed by atoms with E-state index in [1.54, 1.807) is 12.3 Å². The molecule has 0 aliphatic carbocycles. The van der Waals surface area contributed by atoms with Crippen LogP contribution in [0.3, 0.4) is 0 Å². The van der Waals surface area contributed by atoms with Crippen LogP contribution in [0, 0.1) is 12.7 Å². The Balaban J connectivity index is 2.25. The smallest absolute Gasteiger partial charge is 0.260 e. The number of rotatable bonds is 6. The van der Waals surface area contributed by atoms with Gasteiger partial charge in [0.2, 0.25) is 0 Å². The van der Waals surface area contributed by atoms with E-state index < -0.39 is 0 Å². The number of oxazole rings is 1. The Morgan fingerprint density at radius 3 is 2.90 bits per heavy atom. The van der Waals surface area contributed by atoms with Crippen molar-refractivity contribution < 1.29 is 8.81 Å². The van der Waals surface area contributed by atoms with Crippen molar-refractivity contribution >= 4 is 11.8 Å². The van der Waals surface area contributed by atoms with Gasteiger partial charge in [-0.1, -0.05) is 13.0 Å². The van der Waals surface area contributed by atoms with Crippen LogP contribution in [0.25, 0.3) is 0 Å². The second-order valence-corrected chi connectivity index (χ2v) is 5.68. The monoisotopic (exact) mass is 294 g/mol. The van der Waals surface area contributed by atoms with Gasteiger partial charge in [0, 0.05) is 16.5 Å². The largest absolute Gasteiger partial charge is 0.439 e. The zero-order valence-electron chi connectivity index (χ0n) is 11.9. The molecule has 108 valence electrons. The maximum atomic E-state index is 14.1. The molecule has 0 spiro atoms. The summed E-state index contributed by atoms with van der Waals surface area (Å²) >= 11 is 1.35. The van der Waals surface area contributed by atoms with Crippen LogP contribution in [-0.4, -0.2) is 11.5 Å². The summed E-state index contributed by atoms with van der Waals surface area (Å²) in [6.45, 7) is 6.79. The lowest BCUT2D eigenvalue weighted by Gasteiger charge is -2.17. The summed E-state index contributed by atoms with van der Waals surface area (Å²) in [5.41, 5.74) is 1.49. The molecule has 1 atom stereocenters. The zero-order valence-corrected chi connectivity index (χ0v) is 12.8. The molecule has 2 aromatic rings. The van der Waals surface area contributed by atoms with E-state index in [0.717, 1.165) is 23.6 Å². The lowest BCUT2D eigenvalue weighted by Crippen LogP contribution is -2.20. The van der Waals surface area contributed by atoms with Crippen molar-refractivity contribution in [2.45, 2.75) is 43.4 Å². The van der Waals surface area contributed by atoms with Gasteiger partial charge in [-0.25, -0.2) is 9.37 Å². The lowest BCUT2D eigenvalue weighted by molar-refractivity contribution is 0.453. The Morgan fingerprint density at radius 2 is 2.25 bits per heavy atom. The van der Waals surface area contributed by atoms with E-state index in [-0.39, 0.29) is 11.9 Å². The third-order valence-corrected chi connectivity index (χ3v) is 3.88. The maximum Gasteiger partial charge on any atom is 0.260 e. The van der Waals surface area contributed by atoms with Crippen molar-refractivity contribution in [3.8, 4) is 0 Å². The highest BCUT2D eigenvalue weighted by Gasteiger charge is 2.17. The summed E-state index contributed by atoms with van der Waals surface area (Å²) in [4.78, 5) is 5.09. The molecule has 0 fully saturated rings. The van der Waals surface area contributed by atoms with Crippen molar-refractivity contribution in [3.05, 3.63) is 41.5 Å². The van der Waals surface area contributed by atoms with E-state index in [1.165, 1.54) is 17.8 Å². The molecule has 0 aliphatic heterocycles. The predicted molar refractivity (Wildman–Crippen MR) is 78.5 cm³/mol. The van der Waals surface area contributed by atoms with Gasteiger partial charge in [-0.2, -0.15) is 0 Å². The first-order valence-corrected chi connectivity index (χ1v) is 7.55. The fourth-order valence-corrected chi connectivity index (χ4v) is 2.97. The molecular formula is C15H19FN2OS. The van der Waals surface area contributed by atoms with Crippen LogP contribution in [0.5, 0.6) is 0 Å². The van der Waals surface area contributed by atoms with Crippen molar-refractivity contribution in [2.24, 2.45) is 0 Å². The first kappa shape index (κ1) is 15.1. The molecule has 1 aromatic heterocycles. The van der Waals surface area contributed by atoms with Crippen LogP contribution in [0.15, 0.2) is 39.0 Å². The number of nitrogens with one attached hydrogen (secondary N) is 1. The Morgan fingerprint density at radius 1 is 1.45 bits per heavy atom. The quantitative estimate of drug-likeness (QED) is 0.860. The van der Waals surface area contributed by atoms with Gasteiger partial charge in [-0.15, -0.1) is 0 Å². The third kappa shape index (κ3) is 3.61. The second kappa shape index (κ2) is 6.90. The molecule has 0 aliphatic rings. The van der Waals surface area contributed by atoms with Crippen molar-refractivity contribution in [3.63, 3.8) is 0 Å². The van der Waals surface area contributed by atoms with Crippen molar-refractivity contribution in [1.29, 1.82) is 0 Å². The zero-order chi connectivity index (χ0) is 14.5. The summed E-state index contributed by atoms with van der Waals surface area (Å²) in [5, 5.41) is 3.86. The highest BCUT2D eigenvalue weighted by Crippen LogP contribution is 2.34. The molecule has 3 nitrogen and oxygen atoms in total. The topological polar surface area (TPSA) is 38.1 Å². The minimum absolute atomic E-state index is 0.0466. The van der Waals surface area contributed by atoms with Gasteiger partial charge in [0.25, 0.3) is 5.22 Å². The van der Waals surface area contributed by atoms with Gasteiger partial charge in [0.1, 0.15) is 12.1 Å². The van der Waals surface area contributed by atoms with Gasteiger partial charge in [0.05, 0.1) is 5.69 Å². The molecule has 0 bridgehead atoms. The minimum Gasteiger partial charge on any atom is -0.439 e. The van der Waals surface area contributed by atoms with Crippen LogP contribution >= 0.6 is 11.8 Å². The summed E-state index contributed by atoms with van der Waals surface area (Å²) in [5.74, 6) is -0.200. The van der Waals surface area contributed by atoms with Crippen molar-refractivity contribution in [2.75, 3.05) is 6.54 Å². The van der Waals surface area contributed by atoms with E-state index in [9.17, 15) is 4.39 Å². The number of aryl methyl sites for hydroxylation is 1. The van der Waals surface area contributed by atoms with Gasteiger partial charge in [0.15, 0.2) is 0 Å². The Hall–Kier alpha value is -1.33. The molecule has 0 radical (unpaired) electrons. The van der Waals surface area contributed by atoms with Crippen molar-refractivity contribution in [1.82, 2.24) is 10.3 Å². The summed E-state index contributed by atoms with van der Waals surface area (Å²) in [6.07, 6.45) is 2.61. The molecule has 1 unspecified atom stereocenters. The molecule has 1 N–H and O–H groups in total. The average molecular weight is 294 g/mol. The molecule has 0 saturated heterocycles. The van der Waals surface area contributed by atoms with Gasteiger partial charge < -0.3 is 9.73 Å². The van der Waals surface area contributed by atoms with Crippen LogP contribution in [0.4, 0.5) is 4.39 Å². The fraction of sp³-hybridized carbons (Fsp3) is 0.400. The van der Waals surface area contributed by atoms with Crippen LogP contribution in [0.1, 0.15) is 37.6 Å². The van der Waals surface area contributed by atoms with E-state index in [2.05, 4.69) is 17.2 Å². The standard InChI is InChI=1S/C15H19FN2OS/c1-4-8-17-11(3)14-12(16)6-5-7-13(14)20-15-18-10(2)9-19-15/h5-7,9,11,17H,4,8H2,1-3H3. The predicted octanol–water partition coefficient (Wildman–Crippen LogP) is 4.33. The average Bonchev–Trinajstić information content (AvgIpc) is 2.81. The van der Waals surface area contributed by atoms with E-state index in [4.69, 9.17) is 4.42 Å². The number of nitrogens with zero attached hydrogens (tertiary/aromatic N) is 1. The first-order valence-electron chi connectivity index (χ1n) is 6.73.